The lowest BCUT2D eigenvalue weighted by atomic mass is 9.86. The number of benzene rings is 1. The van der Waals surface area contributed by atoms with Gasteiger partial charge in [-0.1, -0.05) is 11.6 Å². The maximum atomic E-state index is 14.2. The van der Waals surface area contributed by atoms with Crippen molar-refractivity contribution in [1.29, 1.82) is 0 Å². The third kappa shape index (κ3) is 7.88. The Morgan fingerprint density at radius 3 is 2.30 bits per heavy atom. The molecule has 1 unspecified atom stereocenters. The van der Waals surface area contributed by atoms with E-state index in [0.717, 1.165) is 30.5 Å². The van der Waals surface area contributed by atoms with Gasteiger partial charge in [-0.3, -0.25) is 24.5 Å². The lowest BCUT2D eigenvalue weighted by Gasteiger charge is -2.42. The summed E-state index contributed by atoms with van der Waals surface area (Å²) in [4.78, 5) is 35.0. The quantitative estimate of drug-likeness (QED) is 0.230. The third-order valence-electron chi connectivity index (χ3n) is 5.74. The van der Waals surface area contributed by atoms with Crippen LogP contribution in [0.1, 0.15) is 32.6 Å². The summed E-state index contributed by atoms with van der Waals surface area (Å²) < 4.78 is 71.8. The number of ether oxygens (including phenoxy) is 1. The van der Waals surface area contributed by atoms with Gasteiger partial charge in [0, 0.05) is 61.2 Å². The van der Waals surface area contributed by atoms with Crippen LogP contribution in [0.25, 0.3) is 0 Å². The van der Waals surface area contributed by atoms with Gasteiger partial charge in [0.15, 0.2) is 5.54 Å². The number of hydrogen-bond donors (Lipinski definition) is 1. The molecule has 0 saturated heterocycles. The van der Waals surface area contributed by atoms with E-state index < -0.39 is 59.1 Å². The van der Waals surface area contributed by atoms with Crippen LogP contribution in [-0.4, -0.2) is 60.5 Å². The maximum Gasteiger partial charge on any atom is 0.487 e. The van der Waals surface area contributed by atoms with E-state index in [1.54, 1.807) is 0 Å². The molecule has 2 atom stereocenters. The molecule has 2 rings (SSSR count). The molecule has 204 valence electrons. The molecular weight excluding hydrogens is 546 g/mol. The van der Waals surface area contributed by atoms with Crippen molar-refractivity contribution in [1.82, 2.24) is 5.32 Å². The zero-order valence-electron chi connectivity index (χ0n) is 19.9. The largest absolute Gasteiger partial charge is 0.487 e. The van der Waals surface area contributed by atoms with Crippen LogP contribution in [0.2, 0.25) is 0 Å². The summed E-state index contributed by atoms with van der Waals surface area (Å²) in [5.74, 6) is -5.52. The minimum atomic E-state index is -4.02. The van der Waals surface area contributed by atoms with Gasteiger partial charge in [0.05, 0.1) is 0 Å². The summed E-state index contributed by atoms with van der Waals surface area (Å²) >= 11 is 10.3. The predicted molar refractivity (Wildman–Crippen MR) is 132 cm³/mol. The fourth-order valence-electron chi connectivity index (χ4n) is 3.89. The second kappa shape index (κ2) is 12.2. The van der Waals surface area contributed by atoms with Gasteiger partial charge in [0.25, 0.3) is 17.4 Å². The highest BCUT2D eigenvalue weighted by molar-refractivity contribution is 6.32. The highest BCUT2D eigenvalue weighted by Crippen LogP contribution is 2.36. The molecule has 0 bridgehead atoms. The minimum absolute atomic E-state index is 0.0384. The van der Waals surface area contributed by atoms with E-state index in [4.69, 9.17) is 23.2 Å². The molecule has 37 heavy (non-hydrogen) atoms. The predicted octanol–water partition coefficient (Wildman–Crippen LogP) is 5.46. The highest BCUT2D eigenvalue weighted by Gasteiger charge is 2.49. The lowest BCUT2D eigenvalue weighted by molar-refractivity contribution is -0.130. The molecule has 1 aliphatic rings. The monoisotopic (exact) mass is 570 g/mol. The van der Waals surface area contributed by atoms with Gasteiger partial charge in [0.2, 0.25) is 5.92 Å². The normalized spacial score (nSPS) is 19.1. The molecule has 0 heterocycles. The van der Waals surface area contributed by atoms with Crippen LogP contribution in [0.15, 0.2) is 46.0 Å². The van der Waals surface area contributed by atoms with Crippen LogP contribution in [-0.2, 0) is 9.59 Å². The first-order chi connectivity index (χ1) is 17.1. The molecule has 0 radical (unpaired) electrons. The van der Waals surface area contributed by atoms with Crippen molar-refractivity contribution < 1.29 is 36.3 Å². The van der Waals surface area contributed by atoms with E-state index in [1.807, 2.05) is 0 Å². The smallest absolute Gasteiger partial charge is 0.420 e. The summed E-state index contributed by atoms with van der Waals surface area (Å²) in [5, 5.41) is 2.64. The molecule has 2 amide bonds. The van der Waals surface area contributed by atoms with Gasteiger partial charge < -0.3 is 10.1 Å². The second-order valence-corrected chi connectivity index (χ2v) is 9.17. The molecule has 1 N–H and O–H groups in total. The van der Waals surface area contributed by atoms with Gasteiger partial charge in [-0.25, -0.2) is 13.2 Å². The highest BCUT2D eigenvalue weighted by atomic mass is 35.5. The summed E-state index contributed by atoms with van der Waals surface area (Å²) in [6.45, 7) is 4.58. The number of rotatable bonds is 10. The second-order valence-electron chi connectivity index (χ2n) is 8.35. The van der Waals surface area contributed by atoms with Gasteiger partial charge >= 0.3 is 5.57 Å². The van der Waals surface area contributed by atoms with E-state index >= 15 is 0 Å². The average molecular weight is 571 g/mol. The zero-order chi connectivity index (χ0) is 28.0. The molecule has 1 aromatic rings. The van der Waals surface area contributed by atoms with Crippen molar-refractivity contribution >= 4 is 53.6 Å². The van der Waals surface area contributed by atoms with Gasteiger partial charge in [0.1, 0.15) is 5.75 Å². The van der Waals surface area contributed by atoms with E-state index in [9.17, 15) is 31.5 Å². The topological polar surface area (TPSA) is 83.4 Å². The number of carbonyl (C=O) groups excluding carboxylic acids is 2. The summed E-state index contributed by atoms with van der Waals surface area (Å²) in [6.07, 6.45) is 1.30. The standard InChI is InChI=1S/C23H25Cl2F5N4O3/c1-21(14(12-31-2)13-32-3,20(36)33-15-8-10-22(27,28)11-9-15)34(19(35)18(24)26)16-4-6-17(7-5-16)37-23(25,29)30/h4-7,12-13,15,18H,2,8-11H2,1,3H3,(H,33,36)/b14-12+,32-13-/t18-,21?/m0/s1. The first-order valence-corrected chi connectivity index (χ1v) is 11.7. The van der Waals surface area contributed by atoms with Crippen molar-refractivity contribution in [3.05, 3.63) is 36.0 Å². The van der Waals surface area contributed by atoms with Crippen molar-refractivity contribution in [2.45, 2.75) is 61.3 Å². The van der Waals surface area contributed by atoms with Crippen molar-refractivity contribution in [2.24, 2.45) is 9.98 Å². The van der Waals surface area contributed by atoms with Gasteiger partial charge in [-0.15, -0.1) is 8.78 Å². The van der Waals surface area contributed by atoms with Crippen LogP contribution in [0.5, 0.6) is 5.75 Å². The van der Waals surface area contributed by atoms with Crippen molar-refractivity contribution in [2.75, 3.05) is 11.9 Å². The number of nitrogens with zero attached hydrogens (tertiary/aromatic N) is 3. The number of alkyl halides is 7. The number of amides is 2. The third-order valence-corrected chi connectivity index (χ3v) is 6.00. The Morgan fingerprint density at radius 1 is 1.27 bits per heavy atom. The Morgan fingerprint density at radius 2 is 1.84 bits per heavy atom. The molecule has 1 fully saturated rings. The van der Waals surface area contributed by atoms with Gasteiger partial charge in [-0.2, -0.15) is 0 Å². The Kier molecular flexibility index (Phi) is 10.1. The Bertz CT molecular complexity index is 1040. The zero-order valence-corrected chi connectivity index (χ0v) is 21.4. The molecule has 0 aromatic heterocycles. The van der Waals surface area contributed by atoms with E-state index in [1.165, 1.54) is 20.2 Å². The Labute approximate surface area is 220 Å². The Hall–Kier alpha value is -2.73. The SMILES string of the molecule is C=N/C=C(\C=N/C)C(C)(C(=O)NC1CCC(F)(F)CC1)N(C(=O)[C@H](F)Cl)c1ccc(OC(F)(F)Cl)cc1. The number of hydrogen-bond acceptors (Lipinski definition) is 5. The first-order valence-electron chi connectivity index (χ1n) is 10.9. The van der Waals surface area contributed by atoms with Crippen LogP contribution in [0.3, 0.4) is 0 Å². The Balaban J connectivity index is 2.62. The van der Waals surface area contributed by atoms with E-state index in [2.05, 4.69) is 26.8 Å². The summed E-state index contributed by atoms with van der Waals surface area (Å²) in [5.41, 5.74) is -8.94. The number of anilines is 1. The minimum Gasteiger partial charge on any atom is -0.420 e. The summed E-state index contributed by atoms with van der Waals surface area (Å²) in [6, 6.07) is 3.56. The lowest BCUT2D eigenvalue weighted by Crippen LogP contribution is -2.63. The fraction of sp³-hybridized carbons (Fsp3) is 0.478. The van der Waals surface area contributed by atoms with Crippen molar-refractivity contribution in [3.63, 3.8) is 0 Å². The molecule has 0 aliphatic heterocycles. The molecule has 1 aliphatic carbocycles. The van der Waals surface area contributed by atoms with Crippen molar-refractivity contribution in [3.8, 4) is 5.75 Å². The van der Waals surface area contributed by atoms with E-state index in [-0.39, 0.29) is 24.1 Å². The number of halogens is 7. The molecular formula is C23H25Cl2F5N4O3. The fourth-order valence-corrected chi connectivity index (χ4v) is 4.08. The molecule has 1 aromatic carbocycles. The number of nitrogens with one attached hydrogen (secondary N) is 1. The van der Waals surface area contributed by atoms with E-state index in [0.29, 0.717) is 4.90 Å². The van der Waals surface area contributed by atoms with Gasteiger partial charge in [-0.05, 0) is 50.7 Å². The molecule has 14 heteroatoms. The summed E-state index contributed by atoms with van der Waals surface area (Å²) in [7, 11) is 1.36. The van der Waals surface area contributed by atoms with Crippen LogP contribution in [0, 0.1) is 0 Å². The van der Waals surface area contributed by atoms with Crippen LogP contribution >= 0.6 is 23.2 Å². The molecule has 1 saturated carbocycles. The van der Waals surface area contributed by atoms with Crippen LogP contribution < -0.4 is 15.0 Å². The maximum absolute atomic E-state index is 14.2. The molecule has 0 spiro atoms. The number of aliphatic imine (C=N–C) groups is 2. The average Bonchev–Trinajstić information content (AvgIpc) is 2.80. The van der Waals surface area contributed by atoms with Crippen LogP contribution in [0.4, 0.5) is 27.6 Å². The number of carbonyl (C=O) groups is 2. The molecule has 7 nitrogen and oxygen atoms in total. The first kappa shape index (κ1) is 30.5.